The van der Waals surface area contributed by atoms with Crippen LogP contribution in [0, 0.1) is 0 Å². The summed E-state index contributed by atoms with van der Waals surface area (Å²) in [6.07, 6.45) is 0.623. The van der Waals surface area contributed by atoms with Crippen LogP contribution in [0.1, 0.15) is 34.1 Å². The van der Waals surface area contributed by atoms with Gasteiger partial charge in [0, 0.05) is 19.6 Å². The maximum Gasteiger partial charge on any atom is 0.323 e. The molecule has 0 aromatic heterocycles. The summed E-state index contributed by atoms with van der Waals surface area (Å²) >= 11 is 0. The predicted molar refractivity (Wildman–Crippen MR) is 65.9 cm³/mol. The van der Waals surface area contributed by atoms with E-state index in [2.05, 4.69) is 18.7 Å². The molecule has 0 saturated carbocycles. The zero-order valence-electron chi connectivity index (χ0n) is 11.2. The number of carbonyl (C=O) groups is 1. The molecule has 1 fully saturated rings. The van der Waals surface area contributed by atoms with Crippen molar-refractivity contribution in [2.24, 2.45) is 5.73 Å². The van der Waals surface area contributed by atoms with E-state index in [1.165, 1.54) is 0 Å². The molecule has 0 amide bonds. The highest BCUT2D eigenvalue weighted by Crippen LogP contribution is 2.21. The van der Waals surface area contributed by atoms with Crippen molar-refractivity contribution < 1.29 is 14.6 Å². The molecule has 1 aliphatic heterocycles. The summed E-state index contributed by atoms with van der Waals surface area (Å²) < 4.78 is 5.79. The van der Waals surface area contributed by atoms with Gasteiger partial charge in [0.15, 0.2) is 0 Å². The van der Waals surface area contributed by atoms with Gasteiger partial charge >= 0.3 is 5.97 Å². The molecule has 1 aliphatic rings. The number of nitrogens with two attached hydrogens (primary N) is 1. The lowest BCUT2D eigenvalue weighted by molar-refractivity contribution is -0.144. The molecule has 1 rings (SSSR count). The summed E-state index contributed by atoms with van der Waals surface area (Å²) in [6.45, 7) is 10.0. The van der Waals surface area contributed by atoms with Crippen LogP contribution in [0.4, 0.5) is 0 Å². The van der Waals surface area contributed by atoms with Crippen LogP contribution < -0.4 is 5.73 Å². The minimum atomic E-state index is -1.15. The molecule has 0 aromatic rings. The van der Waals surface area contributed by atoms with E-state index in [9.17, 15) is 4.79 Å². The van der Waals surface area contributed by atoms with E-state index in [-0.39, 0.29) is 11.7 Å². The molecular formula is C12H24N2O3. The molecule has 2 unspecified atom stereocenters. The van der Waals surface area contributed by atoms with Gasteiger partial charge < -0.3 is 15.6 Å². The van der Waals surface area contributed by atoms with Crippen molar-refractivity contribution in [2.45, 2.75) is 51.4 Å². The second-order valence-corrected chi connectivity index (χ2v) is 5.90. The Balaban J connectivity index is 2.50. The lowest BCUT2D eigenvalue weighted by atomic mass is 9.98. The van der Waals surface area contributed by atoms with E-state index in [0.717, 1.165) is 13.1 Å². The number of nitrogens with zero attached hydrogens (tertiary/aromatic N) is 1. The summed E-state index contributed by atoms with van der Waals surface area (Å²) in [5.74, 6) is -0.946. The fraction of sp³-hybridized carbons (Fsp3) is 0.917. The standard InChI is InChI=1S/C12H24N2O3/c1-9-7-14(8-11(2,3)17-9)6-5-12(4,13)10(15)16/h9H,5-8,13H2,1-4H3,(H,15,16). The fourth-order valence-electron chi connectivity index (χ4n) is 2.25. The van der Waals surface area contributed by atoms with Crippen molar-refractivity contribution in [2.75, 3.05) is 19.6 Å². The normalized spacial score (nSPS) is 28.6. The molecule has 100 valence electrons. The van der Waals surface area contributed by atoms with E-state index in [4.69, 9.17) is 15.6 Å². The van der Waals surface area contributed by atoms with E-state index in [0.29, 0.717) is 13.0 Å². The molecule has 0 aliphatic carbocycles. The Kier molecular flexibility index (Phi) is 4.17. The average molecular weight is 244 g/mol. The predicted octanol–water partition coefficient (Wildman–Crippen LogP) is 0.678. The van der Waals surface area contributed by atoms with Gasteiger partial charge in [-0.15, -0.1) is 0 Å². The van der Waals surface area contributed by atoms with Crippen molar-refractivity contribution in [1.29, 1.82) is 0 Å². The quantitative estimate of drug-likeness (QED) is 0.760. The van der Waals surface area contributed by atoms with Crippen LogP contribution in [-0.2, 0) is 9.53 Å². The second-order valence-electron chi connectivity index (χ2n) is 5.90. The van der Waals surface area contributed by atoms with Crippen LogP contribution >= 0.6 is 0 Å². The number of hydrogen-bond donors (Lipinski definition) is 2. The van der Waals surface area contributed by atoms with Gasteiger partial charge in [-0.25, -0.2) is 0 Å². The number of aliphatic carboxylic acids is 1. The highest BCUT2D eigenvalue weighted by molar-refractivity contribution is 5.77. The van der Waals surface area contributed by atoms with Gasteiger partial charge in [0.1, 0.15) is 5.54 Å². The van der Waals surface area contributed by atoms with Gasteiger partial charge in [0.2, 0.25) is 0 Å². The van der Waals surface area contributed by atoms with Crippen LogP contribution in [0.2, 0.25) is 0 Å². The summed E-state index contributed by atoms with van der Waals surface area (Å²) in [6, 6.07) is 0. The molecular weight excluding hydrogens is 220 g/mol. The summed E-state index contributed by atoms with van der Waals surface area (Å²) in [5, 5.41) is 8.96. The number of carboxylic acid groups (broad SMARTS) is 1. The molecule has 3 N–H and O–H groups in total. The van der Waals surface area contributed by atoms with E-state index in [1.54, 1.807) is 6.92 Å². The first-order valence-electron chi connectivity index (χ1n) is 6.05. The lowest BCUT2D eigenvalue weighted by Crippen LogP contribution is -2.54. The Morgan fingerprint density at radius 1 is 1.65 bits per heavy atom. The highest BCUT2D eigenvalue weighted by Gasteiger charge is 2.33. The minimum absolute atomic E-state index is 0.174. The third-order valence-electron chi connectivity index (χ3n) is 3.08. The van der Waals surface area contributed by atoms with Crippen molar-refractivity contribution in [3.05, 3.63) is 0 Å². The van der Waals surface area contributed by atoms with Gasteiger partial charge in [-0.3, -0.25) is 9.69 Å². The first kappa shape index (κ1) is 14.4. The molecule has 1 saturated heterocycles. The van der Waals surface area contributed by atoms with Crippen LogP contribution in [0.15, 0.2) is 0 Å². The maximum absolute atomic E-state index is 10.9. The van der Waals surface area contributed by atoms with Crippen molar-refractivity contribution in [1.82, 2.24) is 4.90 Å². The number of ether oxygens (including phenoxy) is 1. The smallest absolute Gasteiger partial charge is 0.323 e. The number of morpholine rings is 1. The topological polar surface area (TPSA) is 75.8 Å². The van der Waals surface area contributed by atoms with Crippen LogP contribution in [0.3, 0.4) is 0 Å². The Hall–Kier alpha value is -0.650. The molecule has 17 heavy (non-hydrogen) atoms. The third kappa shape index (κ3) is 4.26. The molecule has 5 nitrogen and oxygen atoms in total. The Bertz CT molecular complexity index is 289. The molecule has 0 aromatic carbocycles. The Morgan fingerprint density at radius 3 is 2.71 bits per heavy atom. The molecule has 1 heterocycles. The van der Waals surface area contributed by atoms with Crippen LogP contribution in [-0.4, -0.2) is 52.9 Å². The second kappa shape index (κ2) is 4.92. The molecule has 5 heteroatoms. The van der Waals surface area contributed by atoms with E-state index < -0.39 is 11.5 Å². The highest BCUT2D eigenvalue weighted by atomic mass is 16.5. The van der Waals surface area contributed by atoms with Crippen molar-refractivity contribution >= 4 is 5.97 Å². The summed E-state index contributed by atoms with van der Waals surface area (Å²) in [4.78, 5) is 13.1. The molecule has 0 spiro atoms. The summed E-state index contributed by atoms with van der Waals surface area (Å²) in [7, 11) is 0. The molecule has 0 bridgehead atoms. The molecule has 0 radical (unpaired) electrons. The largest absolute Gasteiger partial charge is 0.480 e. The van der Waals surface area contributed by atoms with Crippen LogP contribution in [0.5, 0.6) is 0 Å². The van der Waals surface area contributed by atoms with E-state index >= 15 is 0 Å². The minimum Gasteiger partial charge on any atom is -0.480 e. The maximum atomic E-state index is 10.9. The number of carboxylic acids is 1. The SMILES string of the molecule is CC1CN(CCC(C)(N)C(=O)O)CC(C)(C)O1. The van der Waals surface area contributed by atoms with E-state index in [1.807, 2.05) is 6.92 Å². The number of rotatable bonds is 4. The lowest BCUT2D eigenvalue weighted by Gasteiger charge is -2.42. The monoisotopic (exact) mass is 244 g/mol. The Labute approximate surface area is 103 Å². The summed E-state index contributed by atoms with van der Waals surface area (Å²) in [5.41, 5.74) is 4.40. The van der Waals surface area contributed by atoms with Gasteiger partial charge in [-0.1, -0.05) is 0 Å². The van der Waals surface area contributed by atoms with Gasteiger partial charge in [-0.05, 0) is 34.1 Å². The van der Waals surface area contributed by atoms with Gasteiger partial charge in [0.05, 0.1) is 11.7 Å². The first-order valence-corrected chi connectivity index (χ1v) is 6.05. The van der Waals surface area contributed by atoms with Crippen LogP contribution in [0.25, 0.3) is 0 Å². The van der Waals surface area contributed by atoms with Crippen molar-refractivity contribution in [3.63, 3.8) is 0 Å². The van der Waals surface area contributed by atoms with Crippen molar-refractivity contribution in [3.8, 4) is 0 Å². The Morgan fingerprint density at radius 2 is 2.24 bits per heavy atom. The first-order chi connectivity index (χ1) is 7.62. The van der Waals surface area contributed by atoms with Gasteiger partial charge in [0.25, 0.3) is 0 Å². The zero-order chi connectivity index (χ0) is 13.3. The number of hydrogen-bond acceptors (Lipinski definition) is 4. The average Bonchev–Trinajstić information content (AvgIpc) is 2.11. The third-order valence-corrected chi connectivity index (χ3v) is 3.08. The molecule has 2 atom stereocenters. The zero-order valence-corrected chi connectivity index (χ0v) is 11.2. The van der Waals surface area contributed by atoms with Gasteiger partial charge in [-0.2, -0.15) is 0 Å². The fourth-order valence-corrected chi connectivity index (χ4v) is 2.25.